The van der Waals surface area contributed by atoms with Gasteiger partial charge >= 0.3 is 0 Å². The van der Waals surface area contributed by atoms with Gasteiger partial charge < -0.3 is 10.1 Å². The molecule has 2 aromatic rings. The second-order valence-electron chi connectivity index (χ2n) is 5.71. The molecule has 1 fully saturated rings. The summed E-state index contributed by atoms with van der Waals surface area (Å²) in [5.74, 6) is 0.374. The van der Waals surface area contributed by atoms with Gasteiger partial charge in [0.25, 0.3) is 5.91 Å². The first-order chi connectivity index (χ1) is 11.6. The fourth-order valence-corrected chi connectivity index (χ4v) is 2.83. The number of anilines is 2. The van der Waals surface area contributed by atoms with Crippen LogP contribution in [0, 0.1) is 6.92 Å². The van der Waals surface area contributed by atoms with E-state index >= 15 is 0 Å². The summed E-state index contributed by atoms with van der Waals surface area (Å²) in [6, 6.07) is 14.2. The molecule has 1 atom stereocenters. The number of amides is 2. The molecule has 1 aliphatic rings. The number of nitrogens with one attached hydrogen (secondary N) is 1. The number of nitrogens with zero attached hydrogens (tertiary/aromatic N) is 1. The highest BCUT2D eigenvalue weighted by molar-refractivity contribution is 6.23. The lowest BCUT2D eigenvalue weighted by atomic mass is 10.2. The predicted molar refractivity (Wildman–Crippen MR) is 93.3 cm³/mol. The van der Waals surface area contributed by atoms with Gasteiger partial charge in [0, 0.05) is 5.69 Å². The minimum absolute atomic E-state index is 0.153. The molecule has 0 bridgehead atoms. The van der Waals surface area contributed by atoms with Gasteiger partial charge in [-0.3, -0.25) is 9.59 Å². The third kappa shape index (κ3) is 3.11. The number of aryl methyl sites for hydroxylation is 1. The van der Waals surface area contributed by atoms with Crippen molar-refractivity contribution < 1.29 is 14.3 Å². The smallest absolute Gasteiger partial charge is 0.256 e. The second kappa shape index (κ2) is 6.74. The first kappa shape index (κ1) is 16.1. The van der Waals surface area contributed by atoms with E-state index in [2.05, 4.69) is 5.32 Å². The van der Waals surface area contributed by atoms with Crippen molar-refractivity contribution in [2.24, 2.45) is 0 Å². The molecule has 1 heterocycles. The van der Waals surface area contributed by atoms with Crippen LogP contribution in [0.25, 0.3) is 0 Å². The molecule has 1 aliphatic heterocycles. The van der Waals surface area contributed by atoms with Gasteiger partial charge in [0.1, 0.15) is 11.8 Å². The van der Waals surface area contributed by atoms with E-state index in [1.54, 1.807) is 6.07 Å². The SMILES string of the molecule is CCOc1ccc(N[C@@H]2CC(=O)N(c3ccccc3C)C2=O)cc1. The van der Waals surface area contributed by atoms with Crippen molar-refractivity contribution in [1.82, 2.24) is 0 Å². The maximum atomic E-state index is 12.7. The van der Waals surface area contributed by atoms with Crippen LogP contribution in [0.4, 0.5) is 11.4 Å². The average Bonchev–Trinajstić information content (AvgIpc) is 2.84. The number of para-hydroxylation sites is 1. The fourth-order valence-electron chi connectivity index (χ4n) is 2.83. The number of imide groups is 1. The molecule has 3 rings (SSSR count). The van der Waals surface area contributed by atoms with Crippen molar-refractivity contribution in [1.29, 1.82) is 0 Å². The second-order valence-corrected chi connectivity index (χ2v) is 5.71. The Balaban J connectivity index is 1.75. The largest absolute Gasteiger partial charge is 0.494 e. The summed E-state index contributed by atoms with van der Waals surface area (Å²) in [4.78, 5) is 26.3. The average molecular weight is 324 g/mol. The quantitative estimate of drug-likeness (QED) is 0.859. The summed E-state index contributed by atoms with van der Waals surface area (Å²) in [5.41, 5.74) is 2.35. The lowest BCUT2D eigenvalue weighted by molar-refractivity contribution is -0.121. The zero-order valence-corrected chi connectivity index (χ0v) is 13.8. The molecule has 0 spiro atoms. The standard InChI is InChI=1S/C19H20N2O3/c1-3-24-15-10-8-14(9-11-15)20-16-12-18(22)21(19(16)23)17-7-5-4-6-13(17)2/h4-11,16,20H,3,12H2,1-2H3/t16-/m1/s1. The van der Waals surface area contributed by atoms with Crippen molar-refractivity contribution in [3.05, 3.63) is 54.1 Å². The van der Waals surface area contributed by atoms with Gasteiger partial charge in [-0.1, -0.05) is 18.2 Å². The van der Waals surface area contributed by atoms with Crippen molar-refractivity contribution >= 4 is 23.2 Å². The van der Waals surface area contributed by atoms with Crippen LogP contribution in [0.1, 0.15) is 18.9 Å². The van der Waals surface area contributed by atoms with Crippen molar-refractivity contribution in [2.75, 3.05) is 16.8 Å². The third-order valence-corrected chi connectivity index (χ3v) is 4.01. The Kier molecular flexibility index (Phi) is 4.51. The van der Waals surface area contributed by atoms with E-state index in [9.17, 15) is 9.59 Å². The lowest BCUT2D eigenvalue weighted by Gasteiger charge is -2.18. The highest BCUT2D eigenvalue weighted by atomic mass is 16.5. The van der Waals surface area contributed by atoms with Crippen LogP contribution in [-0.2, 0) is 9.59 Å². The summed E-state index contributed by atoms with van der Waals surface area (Å²) in [7, 11) is 0. The van der Waals surface area contributed by atoms with E-state index in [1.165, 1.54) is 4.90 Å². The number of hydrogen-bond acceptors (Lipinski definition) is 4. The molecule has 2 amide bonds. The Bertz CT molecular complexity index is 755. The van der Waals surface area contributed by atoms with Gasteiger partial charge in [0.2, 0.25) is 5.91 Å². The number of ether oxygens (including phenoxy) is 1. The van der Waals surface area contributed by atoms with Crippen LogP contribution in [-0.4, -0.2) is 24.5 Å². The molecular formula is C19H20N2O3. The van der Waals surface area contributed by atoms with E-state index in [4.69, 9.17) is 4.74 Å². The zero-order chi connectivity index (χ0) is 17.1. The summed E-state index contributed by atoms with van der Waals surface area (Å²) >= 11 is 0. The summed E-state index contributed by atoms with van der Waals surface area (Å²) in [6.07, 6.45) is 0.153. The monoisotopic (exact) mass is 324 g/mol. The molecule has 5 heteroatoms. The number of carbonyl (C=O) groups is 2. The minimum Gasteiger partial charge on any atom is -0.494 e. The zero-order valence-electron chi connectivity index (χ0n) is 13.8. The highest BCUT2D eigenvalue weighted by Gasteiger charge is 2.40. The van der Waals surface area contributed by atoms with E-state index in [0.29, 0.717) is 12.3 Å². The van der Waals surface area contributed by atoms with Crippen LogP contribution in [0.5, 0.6) is 5.75 Å². The molecule has 2 aromatic carbocycles. The van der Waals surface area contributed by atoms with Crippen molar-refractivity contribution in [3.63, 3.8) is 0 Å². The van der Waals surface area contributed by atoms with E-state index < -0.39 is 6.04 Å². The topological polar surface area (TPSA) is 58.6 Å². The molecule has 5 nitrogen and oxygen atoms in total. The number of rotatable bonds is 5. The molecular weight excluding hydrogens is 304 g/mol. The van der Waals surface area contributed by atoms with Gasteiger partial charge in [0.05, 0.1) is 18.7 Å². The number of hydrogen-bond donors (Lipinski definition) is 1. The Morgan fingerprint density at radius 1 is 1.12 bits per heavy atom. The summed E-state index contributed by atoms with van der Waals surface area (Å²) in [5, 5.41) is 3.14. The van der Waals surface area contributed by atoms with Crippen LogP contribution in [0.15, 0.2) is 48.5 Å². The van der Waals surface area contributed by atoms with Crippen molar-refractivity contribution in [2.45, 2.75) is 26.3 Å². The molecule has 0 radical (unpaired) electrons. The van der Waals surface area contributed by atoms with Gasteiger partial charge in [-0.25, -0.2) is 4.90 Å². The third-order valence-electron chi connectivity index (χ3n) is 4.01. The van der Waals surface area contributed by atoms with Gasteiger partial charge in [-0.15, -0.1) is 0 Å². The maximum Gasteiger partial charge on any atom is 0.256 e. The van der Waals surface area contributed by atoms with Crippen LogP contribution in [0.2, 0.25) is 0 Å². The first-order valence-corrected chi connectivity index (χ1v) is 8.02. The van der Waals surface area contributed by atoms with Crippen LogP contribution < -0.4 is 15.0 Å². The summed E-state index contributed by atoms with van der Waals surface area (Å²) in [6.45, 7) is 4.42. The molecule has 0 saturated carbocycles. The molecule has 1 saturated heterocycles. The lowest BCUT2D eigenvalue weighted by Crippen LogP contribution is -2.35. The highest BCUT2D eigenvalue weighted by Crippen LogP contribution is 2.27. The predicted octanol–water partition coefficient (Wildman–Crippen LogP) is 3.14. The van der Waals surface area contributed by atoms with Crippen molar-refractivity contribution in [3.8, 4) is 5.75 Å². The Morgan fingerprint density at radius 2 is 1.83 bits per heavy atom. The number of carbonyl (C=O) groups excluding carboxylic acids is 2. The Morgan fingerprint density at radius 3 is 2.50 bits per heavy atom. The van der Waals surface area contributed by atoms with E-state index in [-0.39, 0.29) is 18.2 Å². The van der Waals surface area contributed by atoms with Crippen LogP contribution in [0.3, 0.4) is 0 Å². The van der Waals surface area contributed by atoms with Gasteiger partial charge in [-0.2, -0.15) is 0 Å². The maximum absolute atomic E-state index is 12.7. The van der Waals surface area contributed by atoms with Gasteiger partial charge in [0.15, 0.2) is 0 Å². The van der Waals surface area contributed by atoms with Crippen LogP contribution >= 0.6 is 0 Å². The molecule has 0 aliphatic carbocycles. The molecule has 0 aromatic heterocycles. The minimum atomic E-state index is -0.546. The van der Waals surface area contributed by atoms with E-state index in [1.807, 2.05) is 56.3 Å². The molecule has 1 N–H and O–H groups in total. The van der Waals surface area contributed by atoms with E-state index in [0.717, 1.165) is 17.0 Å². The normalized spacial score (nSPS) is 17.2. The first-order valence-electron chi connectivity index (χ1n) is 8.02. The fraction of sp³-hybridized carbons (Fsp3) is 0.263. The van der Waals surface area contributed by atoms with Gasteiger partial charge in [-0.05, 0) is 49.7 Å². The Hall–Kier alpha value is -2.82. The molecule has 0 unspecified atom stereocenters. The number of benzene rings is 2. The summed E-state index contributed by atoms with van der Waals surface area (Å²) < 4.78 is 5.40. The Labute approximate surface area is 141 Å². The molecule has 124 valence electrons. The molecule has 24 heavy (non-hydrogen) atoms.